The summed E-state index contributed by atoms with van der Waals surface area (Å²) in [6.07, 6.45) is 4.08. The molecule has 1 aliphatic carbocycles. The van der Waals surface area contributed by atoms with Crippen LogP contribution < -0.4 is 5.32 Å². The maximum absolute atomic E-state index is 12.9. The Hall–Kier alpha value is -1.10. The minimum absolute atomic E-state index is 0.00287. The highest BCUT2D eigenvalue weighted by molar-refractivity contribution is 5.97. The summed E-state index contributed by atoms with van der Waals surface area (Å²) in [6, 6.07) is -0.675. The second-order valence-electron chi connectivity index (χ2n) is 7.38. The van der Waals surface area contributed by atoms with E-state index in [4.69, 9.17) is 4.74 Å². The van der Waals surface area contributed by atoms with Gasteiger partial charge in [-0.15, -0.1) is 0 Å². The van der Waals surface area contributed by atoms with Gasteiger partial charge in [-0.05, 0) is 44.4 Å². The van der Waals surface area contributed by atoms with Crippen molar-refractivity contribution in [1.82, 2.24) is 10.2 Å². The van der Waals surface area contributed by atoms with Crippen molar-refractivity contribution in [2.24, 2.45) is 11.8 Å². The molecule has 0 bridgehead atoms. The molecule has 3 unspecified atom stereocenters. The van der Waals surface area contributed by atoms with Gasteiger partial charge in [0.15, 0.2) is 0 Å². The number of piperazine rings is 1. The summed E-state index contributed by atoms with van der Waals surface area (Å²) in [6.45, 7) is 7.34. The Kier molecular flexibility index (Phi) is 3.72. The predicted octanol–water partition coefficient (Wildman–Crippen LogP) is 1.32. The van der Waals surface area contributed by atoms with E-state index in [9.17, 15) is 9.59 Å². The third-order valence-corrected chi connectivity index (χ3v) is 4.98. The van der Waals surface area contributed by atoms with E-state index in [0.717, 1.165) is 32.3 Å². The Morgan fingerprint density at radius 2 is 2.10 bits per heavy atom. The van der Waals surface area contributed by atoms with Crippen LogP contribution in [0.15, 0.2) is 0 Å². The van der Waals surface area contributed by atoms with Crippen LogP contribution in [0.1, 0.15) is 46.5 Å². The molecular weight excluding hydrogens is 268 g/mol. The zero-order chi connectivity index (χ0) is 15.2. The summed E-state index contributed by atoms with van der Waals surface area (Å²) in [5.41, 5.74) is -0.297. The van der Waals surface area contributed by atoms with Gasteiger partial charge in [-0.25, -0.2) is 0 Å². The fourth-order valence-corrected chi connectivity index (χ4v) is 3.67. The first-order chi connectivity index (χ1) is 9.91. The highest BCUT2D eigenvalue weighted by Gasteiger charge is 2.49. The van der Waals surface area contributed by atoms with Crippen LogP contribution in [0.3, 0.4) is 0 Å². The van der Waals surface area contributed by atoms with Gasteiger partial charge in [-0.2, -0.15) is 0 Å². The van der Waals surface area contributed by atoms with Gasteiger partial charge in [0.25, 0.3) is 0 Å². The van der Waals surface area contributed by atoms with E-state index in [2.05, 4.69) is 12.2 Å². The van der Waals surface area contributed by atoms with Crippen LogP contribution in [0, 0.1) is 11.8 Å². The monoisotopic (exact) mass is 294 g/mol. The van der Waals surface area contributed by atoms with Crippen molar-refractivity contribution in [3.05, 3.63) is 0 Å². The molecule has 1 saturated carbocycles. The number of carbonyl (C=O) groups is 2. The third kappa shape index (κ3) is 2.80. The molecule has 0 spiro atoms. The Morgan fingerprint density at radius 3 is 2.62 bits per heavy atom. The quantitative estimate of drug-likeness (QED) is 0.850. The third-order valence-electron chi connectivity index (χ3n) is 4.98. The van der Waals surface area contributed by atoms with Gasteiger partial charge in [0.05, 0.1) is 12.1 Å². The first kappa shape index (κ1) is 14.8. The van der Waals surface area contributed by atoms with Crippen LogP contribution in [0.25, 0.3) is 0 Å². The number of rotatable bonds is 4. The summed E-state index contributed by atoms with van der Waals surface area (Å²) >= 11 is 0. The van der Waals surface area contributed by atoms with E-state index < -0.39 is 0 Å². The maximum Gasteiger partial charge on any atom is 0.246 e. The minimum atomic E-state index is -0.367. The molecule has 21 heavy (non-hydrogen) atoms. The van der Waals surface area contributed by atoms with Crippen LogP contribution in [0.5, 0.6) is 0 Å². The summed E-state index contributed by atoms with van der Waals surface area (Å²) in [7, 11) is 0. The summed E-state index contributed by atoms with van der Waals surface area (Å²) in [4.78, 5) is 27.1. The van der Waals surface area contributed by atoms with E-state index >= 15 is 0 Å². The second kappa shape index (κ2) is 5.27. The van der Waals surface area contributed by atoms with E-state index in [1.165, 1.54) is 0 Å². The molecule has 2 aliphatic heterocycles. The maximum atomic E-state index is 12.9. The van der Waals surface area contributed by atoms with Gasteiger partial charge in [-0.3, -0.25) is 9.59 Å². The molecule has 3 rings (SSSR count). The fourth-order valence-electron chi connectivity index (χ4n) is 3.67. The molecule has 2 heterocycles. The molecule has 5 nitrogen and oxygen atoms in total. The van der Waals surface area contributed by atoms with Crippen LogP contribution in [-0.4, -0.2) is 47.6 Å². The average Bonchev–Trinajstić information content (AvgIpc) is 3.16. The molecule has 0 aromatic carbocycles. The van der Waals surface area contributed by atoms with Crippen molar-refractivity contribution in [2.75, 3.05) is 13.2 Å². The van der Waals surface area contributed by atoms with Crippen molar-refractivity contribution >= 4 is 11.8 Å². The Labute approximate surface area is 126 Å². The van der Waals surface area contributed by atoms with Crippen molar-refractivity contribution in [2.45, 2.75) is 64.1 Å². The van der Waals surface area contributed by atoms with E-state index in [1.54, 1.807) is 4.90 Å². The van der Waals surface area contributed by atoms with Gasteiger partial charge in [0, 0.05) is 6.61 Å². The smallest absolute Gasteiger partial charge is 0.246 e. The molecule has 2 saturated heterocycles. The molecule has 1 N–H and O–H groups in total. The molecular formula is C16H26N2O3. The lowest BCUT2D eigenvalue weighted by atomic mass is 9.92. The van der Waals surface area contributed by atoms with E-state index in [1.807, 2.05) is 13.8 Å². The van der Waals surface area contributed by atoms with Crippen molar-refractivity contribution in [1.29, 1.82) is 0 Å². The fraction of sp³-hybridized carbons (Fsp3) is 0.875. The average molecular weight is 294 g/mol. The Bertz CT molecular complexity index is 439. The van der Waals surface area contributed by atoms with E-state index in [-0.39, 0.29) is 35.4 Å². The molecule has 0 radical (unpaired) electrons. The predicted molar refractivity (Wildman–Crippen MR) is 78.6 cm³/mol. The van der Waals surface area contributed by atoms with Crippen molar-refractivity contribution in [3.8, 4) is 0 Å². The lowest BCUT2D eigenvalue weighted by Gasteiger charge is -2.44. The van der Waals surface area contributed by atoms with Gasteiger partial charge in [0.2, 0.25) is 11.8 Å². The van der Waals surface area contributed by atoms with Gasteiger partial charge < -0.3 is 15.0 Å². The number of nitrogens with one attached hydrogen (secondary N) is 1. The lowest BCUT2D eigenvalue weighted by Crippen LogP contribution is -2.67. The number of carbonyl (C=O) groups excluding carboxylic acids is 2. The van der Waals surface area contributed by atoms with Crippen LogP contribution >= 0.6 is 0 Å². The zero-order valence-electron chi connectivity index (χ0n) is 13.2. The van der Waals surface area contributed by atoms with Gasteiger partial charge in [0.1, 0.15) is 12.1 Å². The number of hydrogen-bond donors (Lipinski definition) is 1. The molecule has 118 valence electrons. The van der Waals surface area contributed by atoms with Crippen molar-refractivity contribution in [3.63, 3.8) is 0 Å². The Balaban J connectivity index is 1.82. The van der Waals surface area contributed by atoms with Gasteiger partial charge in [-0.1, -0.05) is 13.8 Å². The van der Waals surface area contributed by atoms with Crippen LogP contribution in [0.4, 0.5) is 0 Å². The van der Waals surface area contributed by atoms with Crippen LogP contribution in [0.2, 0.25) is 0 Å². The first-order valence-corrected chi connectivity index (χ1v) is 8.16. The van der Waals surface area contributed by atoms with Crippen molar-refractivity contribution < 1.29 is 14.3 Å². The lowest BCUT2D eigenvalue weighted by molar-refractivity contribution is -0.156. The molecule has 0 aromatic rings. The molecule has 5 heteroatoms. The standard InChI is InChI=1S/C16H26N2O3/c1-10(2)13-14(19)17-12(11-5-6-11)15(20)18(13)9-16(3)7-4-8-21-16/h10-13H,4-9H2,1-3H3,(H,17,19). The zero-order valence-corrected chi connectivity index (χ0v) is 13.2. The molecule has 0 aromatic heterocycles. The number of nitrogens with zero attached hydrogens (tertiary/aromatic N) is 1. The topological polar surface area (TPSA) is 58.6 Å². The molecule has 3 fully saturated rings. The first-order valence-electron chi connectivity index (χ1n) is 8.16. The van der Waals surface area contributed by atoms with Gasteiger partial charge >= 0.3 is 0 Å². The highest BCUT2D eigenvalue weighted by atomic mass is 16.5. The number of amides is 2. The van der Waals surface area contributed by atoms with E-state index in [0.29, 0.717) is 12.5 Å². The number of hydrogen-bond acceptors (Lipinski definition) is 3. The van der Waals surface area contributed by atoms with Crippen LogP contribution in [-0.2, 0) is 14.3 Å². The largest absolute Gasteiger partial charge is 0.373 e. The number of ether oxygens (including phenoxy) is 1. The molecule has 3 aliphatic rings. The molecule has 3 atom stereocenters. The normalized spacial score (nSPS) is 37.2. The second-order valence-corrected chi connectivity index (χ2v) is 7.38. The molecule has 2 amide bonds. The SMILES string of the molecule is CC(C)C1C(=O)NC(C2CC2)C(=O)N1CC1(C)CCCO1. The summed E-state index contributed by atoms with van der Waals surface area (Å²) in [5, 5.41) is 2.96. The minimum Gasteiger partial charge on any atom is -0.373 e. The summed E-state index contributed by atoms with van der Waals surface area (Å²) in [5.74, 6) is 0.545. The summed E-state index contributed by atoms with van der Waals surface area (Å²) < 4.78 is 5.84. The Morgan fingerprint density at radius 1 is 1.38 bits per heavy atom. The highest BCUT2D eigenvalue weighted by Crippen LogP contribution is 2.37.